The number of carbonyl (C=O) groups excluding carboxylic acids is 2. The van der Waals surface area contributed by atoms with Crippen LogP contribution in [0.5, 0.6) is 5.75 Å². The lowest BCUT2D eigenvalue weighted by molar-refractivity contribution is -0.123. The van der Waals surface area contributed by atoms with E-state index in [0.29, 0.717) is 36.5 Å². The van der Waals surface area contributed by atoms with Crippen molar-refractivity contribution in [3.8, 4) is 5.75 Å². The molecule has 4 rings (SSSR count). The number of benzene rings is 2. The van der Waals surface area contributed by atoms with Gasteiger partial charge in [-0.25, -0.2) is 8.42 Å². The maximum absolute atomic E-state index is 13.3. The molecular formula is C23H27N3O5S. The zero-order valence-electron chi connectivity index (χ0n) is 18.1. The van der Waals surface area contributed by atoms with Crippen molar-refractivity contribution in [3.63, 3.8) is 0 Å². The highest BCUT2D eigenvalue weighted by atomic mass is 32.2. The van der Waals surface area contributed by atoms with Crippen LogP contribution in [0.2, 0.25) is 0 Å². The predicted molar refractivity (Wildman–Crippen MR) is 121 cm³/mol. The summed E-state index contributed by atoms with van der Waals surface area (Å²) in [4.78, 5) is 24.7. The van der Waals surface area contributed by atoms with Crippen LogP contribution in [-0.2, 0) is 26.0 Å². The van der Waals surface area contributed by atoms with Gasteiger partial charge in [0.25, 0.3) is 5.91 Å². The van der Waals surface area contributed by atoms with E-state index in [1.165, 1.54) is 22.0 Å². The van der Waals surface area contributed by atoms with Crippen LogP contribution in [0.25, 0.3) is 0 Å². The van der Waals surface area contributed by atoms with Crippen molar-refractivity contribution in [3.05, 3.63) is 48.0 Å². The van der Waals surface area contributed by atoms with Crippen LogP contribution in [0.4, 0.5) is 11.4 Å². The molecule has 0 spiro atoms. The minimum atomic E-state index is -3.83. The van der Waals surface area contributed by atoms with Crippen LogP contribution in [0.15, 0.2) is 47.4 Å². The van der Waals surface area contributed by atoms with Gasteiger partial charge in [0.15, 0.2) is 6.10 Å². The molecule has 2 N–H and O–H groups in total. The lowest BCUT2D eigenvalue weighted by atomic mass is 9.98. The highest BCUT2D eigenvalue weighted by molar-refractivity contribution is 7.89. The van der Waals surface area contributed by atoms with Crippen molar-refractivity contribution in [1.29, 1.82) is 0 Å². The second kappa shape index (κ2) is 8.91. The molecule has 2 aromatic rings. The smallest absolute Gasteiger partial charge is 0.265 e. The van der Waals surface area contributed by atoms with Gasteiger partial charge in [-0.05, 0) is 62.1 Å². The van der Waals surface area contributed by atoms with Gasteiger partial charge >= 0.3 is 0 Å². The molecule has 2 atom stereocenters. The van der Waals surface area contributed by atoms with Crippen molar-refractivity contribution in [2.24, 2.45) is 5.92 Å². The summed E-state index contributed by atoms with van der Waals surface area (Å²) in [5.74, 6) is -0.519. The third-order valence-electron chi connectivity index (χ3n) is 5.90. The van der Waals surface area contributed by atoms with E-state index >= 15 is 0 Å². The molecule has 1 saturated heterocycles. The predicted octanol–water partition coefficient (Wildman–Crippen LogP) is 3.01. The number of hydrogen-bond donors (Lipinski definition) is 2. The molecule has 1 fully saturated rings. The fourth-order valence-corrected chi connectivity index (χ4v) is 5.49. The summed E-state index contributed by atoms with van der Waals surface area (Å²) in [7, 11) is -3.83. The fourth-order valence-electron chi connectivity index (χ4n) is 3.94. The Bertz CT molecular complexity index is 1130. The Hall–Kier alpha value is -2.91. The Morgan fingerprint density at radius 2 is 1.97 bits per heavy atom. The maximum Gasteiger partial charge on any atom is 0.265 e. The number of nitrogens with zero attached hydrogens (tertiary/aromatic N) is 1. The molecule has 2 aromatic carbocycles. The van der Waals surface area contributed by atoms with Gasteiger partial charge in [-0.1, -0.05) is 19.1 Å². The molecule has 0 saturated carbocycles. The van der Waals surface area contributed by atoms with Gasteiger partial charge < -0.3 is 15.4 Å². The SMILES string of the molecule is CCc1ccc(NC(=O)[C@H]2CCCN(S(=O)(=O)c3ccc4c(c3)NC(=O)[C@@H](C)O4)C2)cc1. The number of rotatable bonds is 5. The first-order valence-corrected chi connectivity index (χ1v) is 12.2. The van der Waals surface area contributed by atoms with E-state index in [1.54, 1.807) is 13.0 Å². The van der Waals surface area contributed by atoms with Crippen LogP contribution < -0.4 is 15.4 Å². The topological polar surface area (TPSA) is 105 Å². The Morgan fingerprint density at radius 1 is 1.22 bits per heavy atom. The lowest BCUT2D eigenvalue weighted by Crippen LogP contribution is -2.43. The normalized spacial score (nSPS) is 21.2. The molecular weight excluding hydrogens is 430 g/mol. The quantitative estimate of drug-likeness (QED) is 0.718. The number of amides is 2. The molecule has 0 aliphatic carbocycles. The number of carbonyl (C=O) groups is 2. The standard InChI is InChI=1S/C23H27N3O5S/c1-3-16-6-8-18(9-7-16)24-23(28)17-5-4-12-26(14-17)32(29,30)19-10-11-21-20(13-19)25-22(27)15(2)31-21/h6-11,13,15,17H,3-5,12,14H2,1-2H3,(H,24,28)(H,25,27)/t15-,17+/m1/s1. The van der Waals surface area contributed by atoms with Crippen molar-refractivity contribution in [2.75, 3.05) is 23.7 Å². The molecule has 0 bridgehead atoms. The number of piperidine rings is 1. The lowest BCUT2D eigenvalue weighted by Gasteiger charge is -2.31. The van der Waals surface area contributed by atoms with E-state index in [2.05, 4.69) is 17.6 Å². The molecule has 2 aliphatic heterocycles. The number of anilines is 2. The van der Waals surface area contributed by atoms with E-state index in [0.717, 1.165) is 6.42 Å². The van der Waals surface area contributed by atoms with E-state index in [1.807, 2.05) is 24.3 Å². The molecule has 8 nitrogen and oxygen atoms in total. The van der Waals surface area contributed by atoms with Crippen LogP contribution in [0.3, 0.4) is 0 Å². The molecule has 2 amide bonds. The summed E-state index contributed by atoms with van der Waals surface area (Å²) >= 11 is 0. The van der Waals surface area contributed by atoms with Gasteiger partial charge in [0, 0.05) is 18.8 Å². The van der Waals surface area contributed by atoms with E-state index in [-0.39, 0.29) is 23.3 Å². The number of hydrogen-bond acceptors (Lipinski definition) is 5. The second-order valence-electron chi connectivity index (χ2n) is 8.15. The number of sulfonamides is 1. The molecule has 0 aromatic heterocycles. The molecule has 0 radical (unpaired) electrons. The summed E-state index contributed by atoms with van der Waals surface area (Å²) in [6.45, 7) is 4.14. The summed E-state index contributed by atoms with van der Waals surface area (Å²) < 4.78 is 33.4. The maximum atomic E-state index is 13.3. The highest BCUT2D eigenvalue weighted by Gasteiger charge is 2.34. The largest absolute Gasteiger partial charge is 0.479 e. The average molecular weight is 458 g/mol. The molecule has 170 valence electrons. The van der Waals surface area contributed by atoms with E-state index < -0.39 is 22.0 Å². The van der Waals surface area contributed by atoms with Crippen LogP contribution in [0.1, 0.15) is 32.3 Å². The van der Waals surface area contributed by atoms with E-state index in [4.69, 9.17) is 4.74 Å². The molecule has 2 heterocycles. The zero-order valence-corrected chi connectivity index (χ0v) is 18.9. The molecule has 9 heteroatoms. The third-order valence-corrected chi connectivity index (χ3v) is 7.77. The van der Waals surface area contributed by atoms with Gasteiger partial charge in [-0.2, -0.15) is 4.31 Å². The van der Waals surface area contributed by atoms with Gasteiger partial charge in [0.05, 0.1) is 16.5 Å². The molecule has 32 heavy (non-hydrogen) atoms. The first-order valence-electron chi connectivity index (χ1n) is 10.8. The van der Waals surface area contributed by atoms with E-state index in [9.17, 15) is 18.0 Å². The summed E-state index contributed by atoms with van der Waals surface area (Å²) in [5, 5.41) is 5.58. The number of fused-ring (bicyclic) bond motifs is 1. The van der Waals surface area contributed by atoms with Crippen molar-refractivity contribution >= 4 is 33.2 Å². The van der Waals surface area contributed by atoms with Crippen molar-refractivity contribution < 1.29 is 22.7 Å². The monoisotopic (exact) mass is 457 g/mol. The van der Waals surface area contributed by atoms with Crippen LogP contribution in [-0.4, -0.2) is 43.7 Å². The highest BCUT2D eigenvalue weighted by Crippen LogP contribution is 2.33. The Morgan fingerprint density at radius 3 is 2.69 bits per heavy atom. The number of nitrogens with one attached hydrogen (secondary N) is 2. The zero-order chi connectivity index (χ0) is 22.9. The summed E-state index contributed by atoms with van der Waals surface area (Å²) in [6, 6.07) is 12.1. The molecule has 2 aliphatic rings. The summed E-state index contributed by atoms with van der Waals surface area (Å²) in [5.41, 5.74) is 2.21. The third kappa shape index (κ3) is 4.49. The van der Waals surface area contributed by atoms with Crippen molar-refractivity contribution in [1.82, 2.24) is 4.31 Å². The molecule has 0 unspecified atom stereocenters. The van der Waals surface area contributed by atoms with Crippen LogP contribution in [0, 0.1) is 5.92 Å². The van der Waals surface area contributed by atoms with Crippen molar-refractivity contribution in [2.45, 2.75) is 44.1 Å². The Balaban J connectivity index is 1.48. The minimum absolute atomic E-state index is 0.0610. The second-order valence-corrected chi connectivity index (χ2v) is 10.1. The first kappa shape index (κ1) is 22.3. The minimum Gasteiger partial charge on any atom is -0.479 e. The van der Waals surface area contributed by atoms with Gasteiger partial charge in [-0.15, -0.1) is 0 Å². The summed E-state index contributed by atoms with van der Waals surface area (Å²) in [6.07, 6.45) is 1.50. The first-order chi connectivity index (χ1) is 15.3. The van der Waals surface area contributed by atoms with Crippen LogP contribution >= 0.6 is 0 Å². The van der Waals surface area contributed by atoms with Gasteiger partial charge in [0.2, 0.25) is 15.9 Å². The van der Waals surface area contributed by atoms with Gasteiger partial charge in [0.1, 0.15) is 5.75 Å². The number of aryl methyl sites for hydroxylation is 1. The average Bonchev–Trinajstić information content (AvgIpc) is 2.80. The Labute approximate surface area is 188 Å². The fraction of sp³-hybridized carbons (Fsp3) is 0.391. The van der Waals surface area contributed by atoms with Gasteiger partial charge in [-0.3, -0.25) is 9.59 Å². The Kier molecular flexibility index (Phi) is 6.21. The number of ether oxygens (including phenoxy) is 1.